The number of ether oxygens (including phenoxy) is 2. The first-order chi connectivity index (χ1) is 19.8. The van der Waals surface area contributed by atoms with Crippen molar-refractivity contribution >= 4 is 31.2 Å². The molecule has 2 aromatic rings. The van der Waals surface area contributed by atoms with Gasteiger partial charge in [0.25, 0.3) is 0 Å². The number of carbonyl (C=O) groups is 3. The Bertz CT molecular complexity index is 1220. The molecule has 2 atom stereocenters. The van der Waals surface area contributed by atoms with Gasteiger partial charge in [0.15, 0.2) is 0 Å². The highest BCUT2D eigenvalue weighted by Crippen LogP contribution is 2.37. The van der Waals surface area contributed by atoms with Crippen LogP contribution in [0.5, 0.6) is 5.75 Å². The van der Waals surface area contributed by atoms with E-state index in [9.17, 15) is 14.4 Å². The molecule has 0 aliphatic heterocycles. The molecule has 0 radical (unpaired) electrons. The monoisotopic (exact) mass is 562 g/mol. The predicted molar refractivity (Wildman–Crippen MR) is 158 cm³/mol. The van der Waals surface area contributed by atoms with Crippen LogP contribution in [-0.2, 0) is 35.0 Å². The van der Waals surface area contributed by atoms with Crippen molar-refractivity contribution < 1.29 is 33.2 Å². The summed E-state index contributed by atoms with van der Waals surface area (Å²) in [4.78, 5) is 34.7. The maximum atomic E-state index is 12.2. The van der Waals surface area contributed by atoms with Crippen LogP contribution in [0, 0.1) is 5.92 Å². The Labute approximate surface area is 242 Å². The van der Waals surface area contributed by atoms with Crippen LogP contribution >= 0.6 is 0 Å². The fourth-order valence-electron chi connectivity index (χ4n) is 4.80. The standard InChI is InChI=1S/C31H39BN2O7/c1-23-17-29(39-16-6-13-33-22-36)18-24(2)31(23)26-8-5-7-25(19-26)21-40-28-11-9-27(10-12-28)32(38-4)41-30(37)20-34(3)14-15-35/h5,7-12,15,17-19,22-23,31H,6,13-14,16,20-21H2,1-4H3,(H,33,36). The van der Waals surface area contributed by atoms with Gasteiger partial charge in [0.2, 0.25) is 6.41 Å². The normalized spacial score (nSPS) is 16.3. The van der Waals surface area contributed by atoms with Gasteiger partial charge in [-0.3, -0.25) is 14.5 Å². The van der Waals surface area contributed by atoms with E-state index < -0.39 is 13.1 Å². The number of rotatable bonds is 17. The van der Waals surface area contributed by atoms with Gasteiger partial charge in [0.05, 0.1) is 19.7 Å². The maximum Gasteiger partial charge on any atom is 0.564 e. The Kier molecular flexibility index (Phi) is 12.7. The molecule has 218 valence electrons. The molecule has 2 unspecified atom stereocenters. The molecule has 0 fully saturated rings. The van der Waals surface area contributed by atoms with Gasteiger partial charge < -0.3 is 28.9 Å². The molecule has 9 nitrogen and oxygen atoms in total. The first-order valence-electron chi connectivity index (χ1n) is 13.7. The molecule has 10 heteroatoms. The molecule has 0 saturated heterocycles. The zero-order valence-corrected chi connectivity index (χ0v) is 24.2. The van der Waals surface area contributed by atoms with E-state index in [1.807, 2.05) is 18.2 Å². The van der Waals surface area contributed by atoms with E-state index in [2.05, 4.69) is 49.5 Å². The predicted octanol–water partition coefficient (Wildman–Crippen LogP) is 3.00. The van der Waals surface area contributed by atoms with Crippen LogP contribution in [0.2, 0.25) is 0 Å². The third-order valence-electron chi connectivity index (χ3n) is 6.74. The van der Waals surface area contributed by atoms with Crippen LogP contribution in [-0.4, -0.2) is 71.1 Å². The first-order valence-corrected chi connectivity index (χ1v) is 13.7. The topological polar surface area (TPSA) is 103 Å². The number of benzene rings is 2. The summed E-state index contributed by atoms with van der Waals surface area (Å²) in [5.41, 5.74) is 4.19. The number of nitrogens with zero attached hydrogens (tertiary/aromatic N) is 1. The van der Waals surface area contributed by atoms with Gasteiger partial charge in [-0.05, 0) is 67.2 Å². The van der Waals surface area contributed by atoms with Gasteiger partial charge in [0, 0.05) is 19.6 Å². The minimum atomic E-state index is -0.855. The van der Waals surface area contributed by atoms with Gasteiger partial charge in [-0.25, -0.2) is 0 Å². The maximum absolute atomic E-state index is 12.2. The summed E-state index contributed by atoms with van der Waals surface area (Å²) < 4.78 is 22.7. The van der Waals surface area contributed by atoms with E-state index in [4.69, 9.17) is 18.8 Å². The fraction of sp³-hybridized carbons (Fsp3) is 0.387. The average Bonchev–Trinajstić information content (AvgIpc) is 2.95. The zero-order chi connectivity index (χ0) is 29.6. The van der Waals surface area contributed by atoms with Crippen molar-refractivity contribution in [3.8, 4) is 5.75 Å². The number of carbonyl (C=O) groups excluding carboxylic acids is 3. The molecule has 0 saturated carbocycles. The highest BCUT2D eigenvalue weighted by Gasteiger charge is 2.26. The van der Waals surface area contributed by atoms with E-state index in [1.165, 1.54) is 18.2 Å². The Balaban J connectivity index is 1.56. The Morgan fingerprint density at radius 2 is 1.90 bits per heavy atom. The first kappa shape index (κ1) is 31.6. The highest BCUT2D eigenvalue weighted by molar-refractivity contribution is 6.62. The van der Waals surface area contributed by atoms with Gasteiger partial charge in [-0.2, -0.15) is 0 Å². The number of aldehydes is 1. The van der Waals surface area contributed by atoms with Gasteiger partial charge in [-0.1, -0.05) is 48.9 Å². The molecule has 0 aromatic heterocycles. The lowest BCUT2D eigenvalue weighted by atomic mass is 9.78. The molecule has 3 rings (SSSR count). The number of likely N-dealkylation sites (N-methyl/N-ethyl adjacent to an activating group) is 1. The van der Waals surface area contributed by atoms with Crippen LogP contribution in [0.4, 0.5) is 0 Å². The van der Waals surface area contributed by atoms with E-state index >= 15 is 0 Å². The smallest absolute Gasteiger partial charge is 0.505 e. The average molecular weight is 562 g/mol. The minimum absolute atomic E-state index is 0.0135. The summed E-state index contributed by atoms with van der Waals surface area (Å²) in [6.45, 7) is 6.01. The van der Waals surface area contributed by atoms with E-state index in [-0.39, 0.29) is 24.9 Å². The second kappa shape index (κ2) is 16.4. The van der Waals surface area contributed by atoms with Crippen molar-refractivity contribution in [2.75, 3.05) is 40.4 Å². The van der Waals surface area contributed by atoms with Crippen molar-refractivity contribution in [3.63, 3.8) is 0 Å². The van der Waals surface area contributed by atoms with Crippen LogP contribution in [0.1, 0.15) is 37.3 Å². The molecule has 1 amide bonds. The van der Waals surface area contributed by atoms with Crippen molar-refractivity contribution in [3.05, 3.63) is 83.1 Å². The number of amides is 1. The molecule has 0 bridgehead atoms. The quantitative estimate of drug-likeness (QED) is 0.178. The number of allylic oxidation sites excluding steroid dienone is 3. The summed E-state index contributed by atoms with van der Waals surface area (Å²) in [5, 5.41) is 2.65. The molecular weight excluding hydrogens is 523 g/mol. The van der Waals surface area contributed by atoms with E-state index in [1.54, 1.807) is 24.1 Å². The third-order valence-corrected chi connectivity index (χ3v) is 6.74. The Morgan fingerprint density at radius 1 is 1.12 bits per heavy atom. The lowest BCUT2D eigenvalue weighted by Gasteiger charge is -2.28. The minimum Gasteiger partial charge on any atom is -0.505 e. The third kappa shape index (κ3) is 9.91. The largest absolute Gasteiger partial charge is 0.564 e. The van der Waals surface area contributed by atoms with E-state index in [0.717, 1.165) is 24.0 Å². The SMILES string of the molecule is COB(OC(=O)CN(C)CC=O)c1ccc(OCc2cccc(C3C(C)=CC(OCCCNC=O)=CC3C)c2)cc1. The lowest BCUT2D eigenvalue weighted by molar-refractivity contribution is -0.136. The van der Waals surface area contributed by atoms with Gasteiger partial charge in [0.1, 0.15) is 24.4 Å². The van der Waals surface area contributed by atoms with Gasteiger partial charge in [-0.15, -0.1) is 0 Å². The van der Waals surface area contributed by atoms with Crippen LogP contribution in [0.15, 0.2) is 72.0 Å². The summed E-state index contributed by atoms with van der Waals surface area (Å²) in [6, 6.07) is 15.6. The lowest BCUT2D eigenvalue weighted by Crippen LogP contribution is -2.40. The summed E-state index contributed by atoms with van der Waals surface area (Å²) in [6.07, 6.45) is 6.44. The highest BCUT2D eigenvalue weighted by atomic mass is 16.6. The Hall–Kier alpha value is -3.89. The summed E-state index contributed by atoms with van der Waals surface area (Å²) in [5.74, 6) is 1.57. The molecule has 41 heavy (non-hydrogen) atoms. The van der Waals surface area contributed by atoms with Crippen LogP contribution < -0.4 is 15.5 Å². The second-order valence-corrected chi connectivity index (χ2v) is 10.1. The van der Waals surface area contributed by atoms with Crippen molar-refractivity contribution in [2.24, 2.45) is 5.92 Å². The van der Waals surface area contributed by atoms with Crippen LogP contribution in [0.3, 0.4) is 0 Å². The number of nitrogens with one attached hydrogen (secondary N) is 1. The summed E-state index contributed by atoms with van der Waals surface area (Å²) in [7, 11) is 2.27. The molecule has 1 N–H and O–H groups in total. The van der Waals surface area contributed by atoms with Gasteiger partial charge >= 0.3 is 13.1 Å². The van der Waals surface area contributed by atoms with Crippen molar-refractivity contribution in [2.45, 2.75) is 32.8 Å². The number of hydrogen-bond donors (Lipinski definition) is 1. The van der Waals surface area contributed by atoms with E-state index in [0.29, 0.717) is 37.4 Å². The fourth-order valence-corrected chi connectivity index (χ4v) is 4.80. The zero-order valence-electron chi connectivity index (χ0n) is 24.2. The Morgan fingerprint density at radius 3 is 2.59 bits per heavy atom. The molecule has 0 heterocycles. The molecule has 1 aliphatic carbocycles. The molecule has 1 aliphatic rings. The molecular formula is C31H39BN2O7. The second-order valence-electron chi connectivity index (χ2n) is 10.1. The van der Waals surface area contributed by atoms with Crippen molar-refractivity contribution in [1.82, 2.24) is 10.2 Å². The molecule has 0 spiro atoms. The van der Waals surface area contributed by atoms with Crippen LogP contribution in [0.25, 0.3) is 0 Å². The van der Waals surface area contributed by atoms with Crippen molar-refractivity contribution in [1.29, 1.82) is 0 Å². The number of hydrogen-bond acceptors (Lipinski definition) is 8. The molecule has 2 aromatic carbocycles. The summed E-state index contributed by atoms with van der Waals surface area (Å²) >= 11 is 0.